The summed E-state index contributed by atoms with van der Waals surface area (Å²) in [6.07, 6.45) is -0.617. The first kappa shape index (κ1) is 13.3. The first-order valence-electron chi connectivity index (χ1n) is 5.34. The number of anilines is 1. The lowest BCUT2D eigenvalue weighted by Crippen LogP contribution is -2.27. The van der Waals surface area contributed by atoms with Crippen LogP contribution in [-0.2, 0) is 11.3 Å². The Kier molecular flexibility index (Phi) is 3.96. The number of hydrogen-bond acceptors (Lipinski definition) is 4. The van der Waals surface area contributed by atoms with Gasteiger partial charge in [-0.3, -0.25) is 5.32 Å². The fraction of sp³-hybridized carbons (Fsp3) is 0.417. The minimum Gasteiger partial charge on any atom is -0.506 e. The number of rotatable bonds is 2. The van der Waals surface area contributed by atoms with Crippen LogP contribution >= 0.6 is 0 Å². The van der Waals surface area contributed by atoms with Gasteiger partial charge in [-0.1, -0.05) is 12.1 Å². The van der Waals surface area contributed by atoms with E-state index in [1.807, 2.05) is 0 Å². The smallest absolute Gasteiger partial charge is 0.412 e. The predicted molar refractivity (Wildman–Crippen MR) is 65.9 cm³/mol. The molecule has 0 atom stereocenters. The molecule has 5 nitrogen and oxygen atoms in total. The quantitative estimate of drug-likeness (QED) is 0.689. The summed E-state index contributed by atoms with van der Waals surface area (Å²) < 4.78 is 5.09. The molecule has 1 rings (SSSR count). The molecule has 0 bridgehead atoms. The first-order chi connectivity index (χ1) is 7.83. The third-order valence-electron chi connectivity index (χ3n) is 1.97. The van der Waals surface area contributed by atoms with E-state index in [0.29, 0.717) is 11.3 Å². The number of phenols is 1. The Labute approximate surface area is 101 Å². The number of benzene rings is 1. The van der Waals surface area contributed by atoms with Crippen LogP contribution in [0.3, 0.4) is 0 Å². The van der Waals surface area contributed by atoms with Gasteiger partial charge in [-0.25, -0.2) is 4.79 Å². The van der Waals surface area contributed by atoms with Gasteiger partial charge in [0, 0.05) is 6.54 Å². The average Bonchev–Trinajstić information content (AvgIpc) is 2.18. The van der Waals surface area contributed by atoms with E-state index < -0.39 is 11.7 Å². The standard InChI is InChI=1S/C12H18N2O3/c1-12(2,3)17-11(16)14-10-8(7-13)5-4-6-9(10)15/h4-6,15H,7,13H2,1-3H3,(H,14,16). The summed E-state index contributed by atoms with van der Waals surface area (Å²) in [7, 11) is 0. The van der Waals surface area contributed by atoms with Crippen molar-refractivity contribution < 1.29 is 14.6 Å². The van der Waals surface area contributed by atoms with Crippen molar-refractivity contribution in [2.75, 3.05) is 5.32 Å². The maximum Gasteiger partial charge on any atom is 0.412 e. The molecule has 0 heterocycles. The summed E-state index contributed by atoms with van der Waals surface area (Å²) in [5, 5.41) is 12.1. The van der Waals surface area contributed by atoms with Crippen LogP contribution in [-0.4, -0.2) is 16.8 Å². The Hall–Kier alpha value is -1.75. The molecule has 0 fully saturated rings. The highest BCUT2D eigenvalue weighted by Crippen LogP contribution is 2.27. The van der Waals surface area contributed by atoms with E-state index in [-0.39, 0.29) is 12.3 Å². The second-order valence-electron chi connectivity index (χ2n) is 4.64. The van der Waals surface area contributed by atoms with E-state index in [1.165, 1.54) is 6.07 Å². The molecule has 0 radical (unpaired) electrons. The third kappa shape index (κ3) is 3.96. The summed E-state index contributed by atoms with van der Waals surface area (Å²) in [4.78, 5) is 11.6. The molecular weight excluding hydrogens is 220 g/mol. The van der Waals surface area contributed by atoms with Crippen LogP contribution in [0.1, 0.15) is 26.3 Å². The summed E-state index contributed by atoms with van der Waals surface area (Å²) >= 11 is 0. The number of amides is 1. The number of carbonyl (C=O) groups excluding carboxylic acids is 1. The van der Waals surface area contributed by atoms with Crippen molar-refractivity contribution >= 4 is 11.8 Å². The van der Waals surface area contributed by atoms with E-state index in [4.69, 9.17) is 10.5 Å². The number of carbonyl (C=O) groups is 1. The van der Waals surface area contributed by atoms with Crippen LogP contribution in [0.2, 0.25) is 0 Å². The van der Waals surface area contributed by atoms with E-state index >= 15 is 0 Å². The van der Waals surface area contributed by atoms with Crippen molar-refractivity contribution in [3.63, 3.8) is 0 Å². The monoisotopic (exact) mass is 238 g/mol. The van der Waals surface area contributed by atoms with Gasteiger partial charge in [0.2, 0.25) is 0 Å². The summed E-state index contributed by atoms with van der Waals surface area (Å²) in [6.45, 7) is 5.52. The lowest BCUT2D eigenvalue weighted by Gasteiger charge is -2.20. The van der Waals surface area contributed by atoms with Crippen molar-refractivity contribution in [1.29, 1.82) is 0 Å². The largest absolute Gasteiger partial charge is 0.506 e. The first-order valence-corrected chi connectivity index (χ1v) is 5.34. The zero-order valence-electron chi connectivity index (χ0n) is 10.3. The molecule has 1 amide bonds. The minimum absolute atomic E-state index is 0.0289. The molecule has 0 saturated heterocycles. The lowest BCUT2D eigenvalue weighted by atomic mass is 10.1. The Balaban J connectivity index is 2.84. The average molecular weight is 238 g/mol. The third-order valence-corrected chi connectivity index (χ3v) is 1.97. The van der Waals surface area contributed by atoms with Gasteiger partial charge in [-0.2, -0.15) is 0 Å². The Bertz CT molecular complexity index is 411. The lowest BCUT2D eigenvalue weighted by molar-refractivity contribution is 0.0635. The number of hydrogen-bond donors (Lipinski definition) is 3. The normalized spacial score (nSPS) is 11.1. The summed E-state index contributed by atoms with van der Waals surface area (Å²) in [5.41, 5.74) is 5.88. The molecule has 1 aromatic rings. The van der Waals surface area contributed by atoms with Crippen molar-refractivity contribution in [2.24, 2.45) is 5.73 Å². The van der Waals surface area contributed by atoms with Crippen molar-refractivity contribution in [3.8, 4) is 5.75 Å². The number of ether oxygens (including phenoxy) is 1. The van der Waals surface area contributed by atoms with Gasteiger partial charge < -0.3 is 15.6 Å². The van der Waals surface area contributed by atoms with Crippen LogP contribution < -0.4 is 11.1 Å². The van der Waals surface area contributed by atoms with Gasteiger partial charge >= 0.3 is 6.09 Å². The molecule has 17 heavy (non-hydrogen) atoms. The maximum absolute atomic E-state index is 11.6. The Morgan fingerprint density at radius 3 is 2.65 bits per heavy atom. The van der Waals surface area contributed by atoms with E-state index in [2.05, 4.69) is 5.32 Å². The fourth-order valence-electron chi connectivity index (χ4n) is 1.31. The van der Waals surface area contributed by atoms with Crippen LogP contribution in [0.4, 0.5) is 10.5 Å². The summed E-state index contributed by atoms with van der Waals surface area (Å²) in [5.74, 6) is -0.0289. The number of nitrogens with two attached hydrogens (primary N) is 1. The van der Waals surface area contributed by atoms with Crippen molar-refractivity contribution in [3.05, 3.63) is 23.8 Å². The SMILES string of the molecule is CC(C)(C)OC(=O)Nc1c(O)cccc1CN. The Morgan fingerprint density at radius 2 is 2.12 bits per heavy atom. The molecule has 0 aromatic heterocycles. The van der Waals surface area contributed by atoms with Gasteiger partial charge in [-0.15, -0.1) is 0 Å². The number of phenolic OH excluding ortho intramolecular Hbond substituents is 1. The van der Waals surface area contributed by atoms with Crippen molar-refractivity contribution in [2.45, 2.75) is 32.9 Å². The van der Waals surface area contributed by atoms with Crippen LogP contribution in [0, 0.1) is 0 Å². The second kappa shape index (κ2) is 5.05. The van der Waals surface area contributed by atoms with Gasteiger partial charge in [0.1, 0.15) is 11.4 Å². The number of aromatic hydroxyl groups is 1. The summed E-state index contributed by atoms with van der Waals surface area (Å²) in [6, 6.07) is 4.87. The number of para-hydroxylation sites is 1. The zero-order chi connectivity index (χ0) is 13.1. The predicted octanol–water partition coefficient (Wildman–Crippen LogP) is 2.20. The second-order valence-corrected chi connectivity index (χ2v) is 4.64. The fourth-order valence-corrected chi connectivity index (χ4v) is 1.31. The molecule has 0 unspecified atom stereocenters. The molecule has 0 saturated carbocycles. The molecule has 1 aromatic carbocycles. The molecule has 5 heteroatoms. The Morgan fingerprint density at radius 1 is 1.47 bits per heavy atom. The van der Waals surface area contributed by atoms with E-state index in [9.17, 15) is 9.90 Å². The molecule has 0 spiro atoms. The maximum atomic E-state index is 11.6. The highest BCUT2D eigenvalue weighted by Gasteiger charge is 2.18. The zero-order valence-corrected chi connectivity index (χ0v) is 10.3. The van der Waals surface area contributed by atoms with Gasteiger partial charge in [0.25, 0.3) is 0 Å². The highest BCUT2D eigenvalue weighted by molar-refractivity contribution is 5.88. The van der Waals surface area contributed by atoms with Crippen LogP contribution in [0.15, 0.2) is 18.2 Å². The van der Waals surface area contributed by atoms with Gasteiger partial charge in [0.15, 0.2) is 0 Å². The molecule has 0 aliphatic carbocycles. The van der Waals surface area contributed by atoms with Crippen molar-refractivity contribution in [1.82, 2.24) is 0 Å². The van der Waals surface area contributed by atoms with Gasteiger partial charge in [0.05, 0.1) is 5.69 Å². The topological polar surface area (TPSA) is 84.6 Å². The number of nitrogens with one attached hydrogen (secondary N) is 1. The van der Waals surface area contributed by atoms with E-state index in [1.54, 1.807) is 32.9 Å². The molecule has 0 aliphatic rings. The van der Waals surface area contributed by atoms with Crippen LogP contribution in [0.25, 0.3) is 0 Å². The highest BCUT2D eigenvalue weighted by atomic mass is 16.6. The molecular formula is C12H18N2O3. The molecule has 4 N–H and O–H groups in total. The van der Waals surface area contributed by atoms with Gasteiger partial charge in [-0.05, 0) is 32.4 Å². The molecule has 94 valence electrons. The molecule has 0 aliphatic heterocycles. The van der Waals surface area contributed by atoms with E-state index in [0.717, 1.165) is 0 Å². The minimum atomic E-state index is -0.617. The van der Waals surface area contributed by atoms with Crippen LogP contribution in [0.5, 0.6) is 5.75 Å².